The van der Waals surface area contributed by atoms with E-state index in [-0.39, 0.29) is 35.2 Å². The second-order valence-electron chi connectivity index (χ2n) is 6.11. The van der Waals surface area contributed by atoms with Crippen LogP contribution in [0.3, 0.4) is 0 Å². The van der Waals surface area contributed by atoms with E-state index in [1.807, 2.05) is 0 Å². The van der Waals surface area contributed by atoms with Crippen LogP contribution in [0.25, 0.3) is 0 Å². The Morgan fingerprint density at radius 3 is 2.59 bits per heavy atom. The highest BCUT2D eigenvalue weighted by atomic mass is 35.5. The number of carbonyl (C=O) groups is 2. The fraction of sp³-hybridized carbons (Fsp3) is 0.533. The SMILES string of the molecule is CC(C)(C)OC(=O)COc1ccc(C(=O)NC2CC2)nc1Cl. The maximum absolute atomic E-state index is 11.8. The fourth-order valence-corrected chi connectivity index (χ4v) is 1.86. The summed E-state index contributed by atoms with van der Waals surface area (Å²) in [6.07, 6.45) is 1.99. The van der Waals surface area contributed by atoms with E-state index in [2.05, 4.69) is 10.3 Å². The number of aromatic nitrogens is 1. The van der Waals surface area contributed by atoms with Gasteiger partial charge in [0.05, 0.1) is 0 Å². The van der Waals surface area contributed by atoms with Gasteiger partial charge in [-0.05, 0) is 45.7 Å². The van der Waals surface area contributed by atoms with Crippen molar-refractivity contribution < 1.29 is 19.1 Å². The number of nitrogens with zero attached hydrogens (tertiary/aromatic N) is 1. The third-order valence-corrected chi connectivity index (χ3v) is 3.00. The lowest BCUT2D eigenvalue weighted by atomic mass is 10.2. The van der Waals surface area contributed by atoms with E-state index in [4.69, 9.17) is 21.1 Å². The van der Waals surface area contributed by atoms with Crippen LogP contribution >= 0.6 is 11.6 Å². The Hall–Kier alpha value is -1.82. The average Bonchev–Trinajstić information content (AvgIpc) is 3.19. The van der Waals surface area contributed by atoms with Crippen LogP contribution in [0.15, 0.2) is 12.1 Å². The Kier molecular flexibility index (Phi) is 4.90. The molecule has 1 aromatic rings. The Bertz CT molecular complexity index is 579. The number of pyridine rings is 1. The van der Waals surface area contributed by atoms with Gasteiger partial charge in [0.2, 0.25) is 0 Å². The van der Waals surface area contributed by atoms with Crippen LogP contribution in [0.2, 0.25) is 5.15 Å². The number of carbonyl (C=O) groups excluding carboxylic acids is 2. The van der Waals surface area contributed by atoms with Crippen molar-refractivity contribution in [2.24, 2.45) is 0 Å². The first kappa shape index (κ1) is 16.5. The molecule has 1 aromatic heterocycles. The van der Waals surface area contributed by atoms with Crippen LogP contribution in [0.1, 0.15) is 44.1 Å². The number of hydrogen-bond donors (Lipinski definition) is 1. The van der Waals surface area contributed by atoms with Crippen LogP contribution in [-0.2, 0) is 9.53 Å². The molecule has 1 heterocycles. The van der Waals surface area contributed by atoms with E-state index >= 15 is 0 Å². The fourth-order valence-electron chi connectivity index (χ4n) is 1.65. The maximum atomic E-state index is 11.8. The molecule has 22 heavy (non-hydrogen) atoms. The van der Waals surface area contributed by atoms with E-state index in [1.165, 1.54) is 12.1 Å². The van der Waals surface area contributed by atoms with Crippen molar-refractivity contribution in [2.45, 2.75) is 45.3 Å². The van der Waals surface area contributed by atoms with Crippen molar-refractivity contribution in [2.75, 3.05) is 6.61 Å². The van der Waals surface area contributed by atoms with Gasteiger partial charge in [-0.3, -0.25) is 4.79 Å². The lowest BCUT2D eigenvalue weighted by Gasteiger charge is -2.19. The summed E-state index contributed by atoms with van der Waals surface area (Å²) in [4.78, 5) is 27.4. The van der Waals surface area contributed by atoms with Gasteiger partial charge in [-0.25, -0.2) is 9.78 Å². The van der Waals surface area contributed by atoms with Gasteiger partial charge in [0.1, 0.15) is 11.3 Å². The van der Waals surface area contributed by atoms with Crippen molar-refractivity contribution in [3.05, 3.63) is 23.0 Å². The number of rotatable bonds is 5. The Labute approximate surface area is 134 Å². The van der Waals surface area contributed by atoms with Crippen molar-refractivity contribution in [1.82, 2.24) is 10.3 Å². The molecule has 1 fully saturated rings. The predicted octanol–water partition coefficient (Wildman–Crippen LogP) is 2.35. The lowest BCUT2D eigenvalue weighted by Crippen LogP contribution is -2.27. The molecular formula is C15H19ClN2O4. The second-order valence-corrected chi connectivity index (χ2v) is 6.47. The summed E-state index contributed by atoms with van der Waals surface area (Å²) < 4.78 is 10.4. The maximum Gasteiger partial charge on any atom is 0.344 e. The third-order valence-electron chi connectivity index (χ3n) is 2.73. The van der Waals surface area contributed by atoms with Gasteiger partial charge in [0.25, 0.3) is 5.91 Å². The first-order valence-electron chi connectivity index (χ1n) is 7.06. The molecule has 0 spiro atoms. The Morgan fingerprint density at radius 1 is 1.36 bits per heavy atom. The molecule has 7 heteroatoms. The summed E-state index contributed by atoms with van der Waals surface area (Å²) in [5.41, 5.74) is -0.353. The molecule has 0 unspecified atom stereocenters. The van der Waals surface area contributed by atoms with Gasteiger partial charge in [0.15, 0.2) is 17.5 Å². The molecule has 0 radical (unpaired) electrons. The number of amides is 1. The highest BCUT2D eigenvalue weighted by Gasteiger charge is 2.24. The summed E-state index contributed by atoms with van der Waals surface area (Å²) in [5, 5.41) is 2.85. The Morgan fingerprint density at radius 2 is 2.05 bits per heavy atom. The molecule has 1 amide bonds. The zero-order valence-electron chi connectivity index (χ0n) is 12.8. The minimum atomic E-state index is -0.576. The summed E-state index contributed by atoms with van der Waals surface area (Å²) in [7, 11) is 0. The van der Waals surface area contributed by atoms with Gasteiger partial charge in [-0.2, -0.15) is 0 Å². The van der Waals surface area contributed by atoms with Crippen molar-refractivity contribution in [3.63, 3.8) is 0 Å². The lowest BCUT2D eigenvalue weighted by molar-refractivity contribution is -0.157. The number of hydrogen-bond acceptors (Lipinski definition) is 5. The van der Waals surface area contributed by atoms with E-state index in [1.54, 1.807) is 20.8 Å². The van der Waals surface area contributed by atoms with Gasteiger partial charge in [0, 0.05) is 6.04 Å². The van der Waals surface area contributed by atoms with Gasteiger partial charge < -0.3 is 14.8 Å². The molecule has 1 N–H and O–H groups in total. The molecule has 2 rings (SSSR count). The minimum absolute atomic E-state index is 0.0343. The zero-order chi connectivity index (χ0) is 16.3. The standard InChI is InChI=1S/C15H19ClN2O4/c1-15(2,3)22-12(19)8-21-11-7-6-10(18-13(11)16)14(20)17-9-4-5-9/h6-7,9H,4-5,8H2,1-3H3,(H,17,20). The summed E-state index contributed by atoms with van der Waals surface area (Å²) >= 11 is 5.97. The van der Waals surface area contributed by atoms with Crippen LogP contribution < -0.4 is 10.1 Å². The second kappa shape index (κ2) is 6.52. The van der Waals surface area contributed by atoms with Crippen molar-refractivity contribution in [1.29, 1.82) is 0 Å². The smallest absolute Gasteiger partial charge is 0.344 e. The quantitative estimate of drug-likeness (QED) is 0.664. The molecule has 120 valence electrons. The molecule has 6 nitrogen and oxygen atoms in total. The molecule has 0 atom stereocenters. The molecule has 1 aliphatic carbocycles. The average molecular weight is 327 g/mol. The topological polar surface area (TPSA) is 77.5 Å². The van der Waals surface area contributed by atoms with E-state index in [0.717, 1.165) is 12.8 Å². The third kappa shape index (κ3) is 5.18. The normalized spacial score (nSPS) is 14.4. The number of nitrogens with one attached hydrogen (secondary N) is 1. The number of ether oxygens (including phenoxy) is 2. The van der Waals surface area contributed by atoms with E-state index in [9.17, 15) is 9.59 Å². The van der Waals surface area contributed by atoms with Gasteiger partial charge >= 0.3 is 5.97 Å². The van der Waals surface area contributed by atoms with Crippen LogP contribution in [0, 0.1) is 0 Å². The van der Waals surface area contributed by atoms with E-state index in [0.29, 0.717) is 0 Å². The molecule has 0 aromatic carbocycles. The highest BCUT2D eigenvalue weighted by Crippen LogP contribution is 2.23. The summed E-state index contributed by atoms with van der Waals surface area (Å²) in [6.45, 7) is 5.04. The number of esters is 1. The molecule has 0 aliphatic heterocycles. The first-order valence-corrected chi connectivity index (χ1v) is 7.44. The largest absolute Gasteiger partial charge is 0.479 e. The molecule has 0 bridgehead atoms. The zero-order valence-corrected chi connectivity index (χ0v) is 13.6. The summed E-state index contributed by atoms with van der Waals surface area (Å²) in [5.74, 6) is -0.530. The van der Waals surface area contributed by atoms with Crippen molar-refractivity contribution >= 4 is 23.5 Å². The molecule has 0 saturated heterocycles. The Balaban J connectivity index is 1.91. The first-order chi connectivity index (χ1) is 10.2. The van der Waals surface area contributed by atoms with Crippen LogP contribution in [0.4, 0.5) is 0 Å². The van der Waals surface area contributed by atoms with Gasteiger partial charge in [-0.1, -0.05) is 11.6 Å². The molecular weight excluding hydrogens is 308 g/mol. The molecule has 1 aliphatic rings. The van der Waals surface area contributed by atoms with E-state index < -0.39 is 11.6 Å². The van der Waals surface area contributed by atoms with Crippen LogP contribution in [0.5, 0.6) is 5.75 Å². The monoisotopic (exact) mass is 326 g/mol. The van der Waals surface area contributed by atoms with Gasteiger partial charge in [-0.15, -0.1) is 0 Å². The minimum Gasteiger partial charge on any atom is -0.479 e. The molecule has 1 saturated carbocycles. The summed E-state index contributed by atoms with van der Waals surface area (Å²) in [6, 6.07) is 3.27. The predicted molar refractivity (Wildman–Crippen MR) is 81.1 cm³/mol. The highest BCUT2D eigenvalue weighted by molar-refractivity contribution is 6.31. The van der Waals surface area contributed by atoms with Crippen LogP contribution in [-0.4, -0.2) is 35.1 Å². The number of halogens is 1. The van der Waals surface area contributed by atoms with Crippen molar-refractivity contribution in [3.8, 4) is 5.75 Å².